The highest BCUT2D eigenvalue weighted by molar-refractivity contribution is 6.30. The number of hydrogen-bond donors (Lipinski definition) is 1. The molecule has 0 amide bonds. The molecule has 1 aromatic rings. The molecule has 0 aromatic heterocycles. The highest BCUT2D eigenvalue weighted by Gasteiger charge is 2.09. The Bertz CT molecular complexity index is 304. The van der Waals surface area contributed by atoms with Crippen molar-refractivity contribution in [3.05, 3.63) is 34.9 Å². The van der Waals surface area contributed by atoms with E-state index in [9.17, 15) is 0 Å². The van der Waals surface area contributed by atoms with Gasteiger partial charge in [0.1, 0.15) is 0 Å². The van der Waals surface area contributed by atoms with Crippen molar-refractivity contribution < 1.29 is 4.74 Å². The maximum atomic E-state index is 5.96. The second-order valence-electron chi connectivity index (χ2n) is 3.92. The fraction of sp³-hybridized carbons (Fsp3) is 0.538. The lowest BCUT2D eigenvalue weighted by Crippen LogP contribution is -2.25. The van der Waals surface area contributed by atoms with Gasteiger partial charge in [0.2, 0.25) is 0 Å². The average Bonchev–Trinajstić information content (AvgIpc) is 2.26. The van der Waals surface area contributed by atoms with Crippen LogP contribution in [0.15, 0.2) is 24.3 Å². The molecule has 0 saturated heterocycles. The first kappa shape index (κ1) is 13.5. The van der Waals surface area contributed by atoms with E-state index in [1.54, 1.807) is 0 Å². The summed E-state index contributed by atoms with van der Waals surface area (Å²) < 4.78 is 5.48. The smallest absolute Gasteiger partial charge is 0.0509 e. The molecule has 90 valence electrons. The number of hydrogen-bond acceptors (Lipinski definition) is 2. The Morgan fingerprint density at radius 2 is 2.25 bits per heavy atom. The Morgan fingerprint density at radius 3 is 2.88 bits per heavy atom. The second-order valence-corrected chi connectivity index (χ2v) is 4.35. The Morgan fingerprint density at radius 1 is 1.44 bits per heavy atom. The summed E-state index contributed by atoms with van der Waals surface area (Å²) in [6.07, 6.45) is 1.00. The van der Waals surface area contributed by atoms with Gasteiger partial charge >= 0.3 is 0 Å². The molecule has 1 aromatic carbocycles. The maximum Gasteiger partial charge on any atom is 0.0509 e. The van der Waals surface area contributed by atoms with E-state index in [0.717, 1.165) is 31.2 Å². The van der Waals surface area contributed by atoms with Crippen molar-refractivity contribution in [3.8, 4) is 0 Å². The topological polar surface area (TPSA) is 21.3 Å². The van der Waals surface area contributed by atoms with Crippen LogP contribution in [0.5, 0.6) is 0 Å². The fourth-order valence-corrected chi connectivity index (χ4v) is 1.97. The predicted octanol–water partition coefficient (Wildman–Crippen LogP) is 2.75. The van der Waals surface area contributed by atoms with Gasteiger partial charge in [0.25, 0.3) is 0 Å². The van der Waals surface area contributed by atoms with Crippen LogP contribution in [-0.2, 0) is 11.2 Å². The molecule has 0 heterocycles. The van der Waals surface area contributed by atoms with E-state index in [0.29, 0.717) is 5.92 Å². The Kier molecular flexibility index (Phi) is 6.46. The monoisotopic (exact) mass is 241 g/mol. The quantitative estimate of drug-likeness (QED) is 0.793. The molecule has 0 aliphatic carbocycles. The zero-order valence-corrected chi connectivity index (χ0v) is 10.8. The first-order valence-electron chi connectivity index (χ1n) is 5.73. The van der Waals surface area contributed by atoms with E-state index in [1.165, 1.54) is 5.56 Å². The molecule has 16 heavy (non-hydrogen) atoms. The van der Waals surface area contributed by atoms with Crippen molar-refractivity contribution in [2.24, 2.45) is 5.92 Å². The molecule has 0 aliphatic rings. The van der Waals surface area contributed by atoms with E-state index in [2.05, 4.69) is 11.4 Å². The minimum Gasteiger partial charge on any atom is -0.381 e. The molecule has 0 spiro atoms. The molecule has 0 radical (unpaired) electrons. The molecule has 1 atom stereocenters. The fourth-order valence-electron chi connectivity index (χ4n) is 1.76. The van der Waals surface area contributed by atoms with Gasteiger partial charge in [-0.25, -0.2) is 0 Å². The van der Waals surface area contributed by atoms with Crippen LogP contribution < -0.4 is 5.32 Å². The van der Waals surface area contributed by atoms with Gasteiger partial charge < -0.3 is 10.1 Å². The molecule has 0 fully saturated rings. The molecule has 0 aliphatic heterocycles. The van der Waals surface area contributed by atoms with Crippen LogP contribution in [0.25, 0.3) is 0 Å². The van der Waals surface area contributed by atoms with Gasteiger partial charge in [-0.1, -0.05) is 23.7 Å². The van der Waals surface area contributed by atoms with E-state index in [4.69, 9.17) is 16.3 Å². The summed E-state index contributed by atoms with van der Waals surface area (Å²) in [6, 6.07) is 8.03. The molecular weight excluding hydrogens is 222 g/mol. The zero-order valence-electron chi connectivity index (χ0n) is 10.0. The highest BCUT2D eigenvalue weighted by Crippen LogP contribution is 2.14. The van der Waals surface area contributed by atoms with Crippen LogP contribution in [-0.4, -0.2) is 26.8 Å². The molecular formula is C13H20ClNO. The van der Waals surface area contributed by atoms with Gasteiger partial charge in [0.05, 0.1) is 6.61 Å². The largest absolute Gasteiger partial charge is 0.381 e. The maximum absolute atomic E-state index is 5.96. The van der Waals surface area contributed by atoms with Crippen molar-refractivity contribution in [1.29, 1.82) is 0 Å². The number of rotatable bonds is 7. The van der Waals surface area contributed by atoms with Gasteiger partial charge in [0, 0.05) is 18.2 Å². The lowest BCUT2D eigenvalue weighted by Gasteiger charge is -2.16. The molecule has 0 bridgehead atoms. The van der Waals surface area contributed by atoms with Crippen LogP contribution >= 0.6 is 11.6 Å². The van der Waals surface area contributed by atoms with Gasteiger partial charge in [-0.3, -0.25) is 0 Å². The predicted molar refractivity (Wildman–Crippen MR) is 69.1 cm³/mol. The van der Waals surface area contributed by atoms with Gasteiger partial charge in [0.15, 0.2) is 0 Å². The van der Waals surface area contributed by atoms with Crippen LogP contribution in [0.4, 0.5) is 0 Å². The van der Waals surface area contributed by atoms with Crippen molar-refractivity contribution in [3.63, 3.8) is 0 Å². The minimum atomic E-state index is 0.503. The summed E-state index contributed by atoms with van der Waals surface area (Å²) in [7, 11) is 1.97. The van der Waals surface area contributed by atoms with E-state index >= 15 is 0 Å². The third kappa shape index (κ3) is 4.97. The summed E-state index contributed by atoms with van der Waals surface area (Å²) in [5, 5.41) is 4.00. The van der Waals surface area contributed by atoms with Crippen LogP contribution in [0.2, 0.25) is 5.02 Å². The summed E-state index contributed by atoms with van der Waals surface area (Å²) in [4.78, 5) is 0. The van der Waals surface area contributed by atoms with Gasteiger partial charge in [-0.15, -0.1) is 0 Å². The number of nitrogens with one attached hydrogen (secondary N) is 1. The average molecular weight is 242 g/mol. The Hall–Kier alpha value is -0.570. The molecule has 1 rings (SSSR count). The number of ether oxygens (including phenoxy) is 1. The Balaban J connectivity index is 2.52. The lowest BCUT2D eigenvalue weighted by atomic mass is 10.00. The van der Waals surface area contributed by atoms with Crippen molar-refractivity contribution >= 4 is 11.6 Å². The first-order chi connectivity index (χ1) is 7.76. The van der Waals surface area contributed by atoms with Crippen molar-refractivity contribution in [1.82, 2.24) is 5.32 Å². The summed E-state index contributed by atoms with van der Waals surface area (Å²) in [5.74, 6) is 0.503. The van der Waals surface area contributed by atoms with E-state index in [-0.39, 0.29) is 0 Å². The van der Waals surface area contributed by atoms with Crippen LogP contribution in [0, 0.1) is 5.92 Å². The molecule has 1 unspecified atom stereocenters. The molecule has 1 N–H and O–H groups in total. The Labute approximate surface area is 103 Å². The minimum absolute atomic E-state index is 0.503. The molecule has 0 saturated carbocycles. The zero-order chi connectivity index (χ0) is 11.8. The first-order valence-corrected chi connectivity index (χ1v) is 6.10. The normalized spacial score (nSPS) is 12.7. The van der Waals surface area contributed by atoms with Gasteiger partial charge in [-0.05, 0) is 44.0 Å². The molecule has 3 heteroatoms. The van der Waals surface area contributed by atoms with Gasteiger partial charge in [-0.2, -0.15) is 0 Å². The lowest BCUT2D eigenvalue weighted by molar-refractivity contribution is 0.110. The van der Waals surface area contributed by atoms with Crippen molar-refractivity contribution in [2.75, 3.05) is 26.8 Å². The summed E-state index contributed by atoms with van der Waals surface area (Å²) in [5.41, 5.74) is 1.27. The van der Waals surface area contributed by atoms with E-state index in [1.807, 2.05) is 32.2 Å². The number of halogens is 1. The van der Waals surface area contributed by atoms with Crippen LogP contribution in [0.3, 0.4) is 0 Å². The summed E-state index contributed by atoms with van der Waals surface area (Å²) in [6.45, 7) is 4.56. The highest BCUT2D eigenvalue weighted by atomic mass is 35.5. The standard InChI is InChI=1S/C13H20ClNO/c1-3-16-10-12(9-15-2)7-11-5-4-6-13(14)8-11/h4-6,8,12,15H,3,7,9-10H2,1-2H3. The third-order valence-corrected chi connectivity index (χ3v) is 2.70. The second kappa shape index (κ2) is 7.66. The SMILES string of the molecule is CCOCC(CNC)Cc1cccc(Cl)c1. The number of benzene rings is 1. The van der Waals surface area contributed by atoms with Crippen LogP contribution in [0.1, 0.15) is 12.5 Å². The summed E-state index contributed by atoms with van der Waals surface area (Å²) >= 11 is 5.96. The van der Waals surface area contributed by atoms with Crippen molar-refractivity contribution in [2.45, 2.75) is 13.3 Å². The van der Waals surface area contributed by atoms with E-state index < -0.39 is 0 Å². The molecule has 2 nitrogen and oxygen atoms in total. The third-order valence-electron chi connectivity index (χ3n) is 2.46.